The molecule has 0 radical (unpaired) electrons. The lowest BCUT2D eigenvalue weighted by molar-refractivity contribution is -0.462. The maximum Gasteiger partial charge on any atom is 0.199 e. The van der Waals surface area contributed by atoms with Gasteiger partial charge in [-0.1, -0.05) is 77.9 Å². The van der Waals surface area contributed by atoms with E-state index < -0.39 is 0 Å². The molecule has 0 bridgehead atoms. The monoisotopic (exact) mass is 432 g/mol. The van der Waals surface area contributed by atoms with Crippen LogP contribution in [-0.4, -0.2) is 24.4 Å². The highest BCUT2D eigenvalue weighted by molar-refractivity contribution is 6.02. The van der Waals surface area contributed by atoms with Crippen LogP contribution in [0.3, 0.4) is 0 Å². The van der Waals surface area contributed by atoms with Crippen molar-refractivity contribution in [3.05, 3.63) is 143 Å². The Morgan fingerprint density at radius 1 is 0.667 bits per heavy atom. The molecule has 1 aliphatic carbocycles. The summed E-state index contributed by atoms with van der Waals surface area (Å²) in [4.78, 5) is 0. The van der Waals surface area contributed by atoms with Crippen LogP contribution >= 0.6 is 0 Å². The fourth-order valence-corrected chi connectivity index (χ4v) is 3.58. The average molecular weight is 433 g/mol. The molecule has 1 heterocycles. The lowest BCUT2D eigenvalue weighted by Gasteiger charge is -2.18. The van der Waals surface area contributed by atoms with Crippen molar-refractivity contribution < 1.29 is 9.31 Å². The zero-order valence-corrected chi connectivity index (χ0v) is 19.7. The number of benzene rings is 2. The topological polar surface area (TPSA) is 12.2 Å². The molecule has 0 atom stereocenters. The fraction of sp³-hybridized carbons (Fsp3) is 0.129. The molecule has 1 aliphatic heterocycles. The van der Waals surface area contributed by atoms with E-state index in [0.717, 1.165) is 28.2 Å². The molecular weight excluding hydrogens is 402 g/mol. The molecule has 0 amide bonds. The molecule has 0 N–H and O–H groups in total. The van der Waals surface area contributed by atoms with Crippen LogP contribution in [0.5, 0.6) is 0 Å². The van der Waals surface area contributed by atoms with Crippen molar-refractivity contribution in [3.63, 3.8) is 0 Å². The first-order valence-corrected chi connectivity index (χ1v) is 11.2. The van der Waals surface area contributed by atoms with Crippen LogP contribution in [0, 0.1) is 13.8 Å². The summed E-state index contributed by atoms with van der Waals surface area (Å²) in [5.74, 6) is 1.67. The van der Waals surface area contributed by atoms with Gasteiger partial charge in [0.25, 0.3) is 0 Å². The van der Waals surface area contributed by atoms with Gasteiger partial charge in [0.2, 0.25) is 0 Å². The Balaban J connectivity index is 1.60. The smallest absolute Gasteiger partial charge is 0.199 e. The third-order valence-corrected chi connectivity index (χ3v) is 5.60. The first-order chi connectivity index (χ1) is 16.0. The van der Waals surface area contributed by atoms with Gasteiger partial charge in [0, 0.05) is 17.7 Å². The highest BCUT2D eigenvalue weighted by Crippen LogP contribution is 2.32. The highest BCUT2D eigenvalue weighted by Gasteiger charge is 2.14. The summed E-state index contributed by atoms with van der Waals surface area (Å²) in [6, 6.07) is 17.1. The maximum absolute atomic E-state index is 6.26. The minimum Gasteiger partial charge on any atom is -0.457 e. The number of hydrogen-bond acceptors (Lipinski definition) is 1. The maximum atomic E-state index is 6.26. The van der Waals surface area contributed by atoms with Crippen molar-refractivity contribution in [3.8, 4) is 0 Å². The molecule has 0 unspecified atom stereocenters. The van der Waals surface area contributed by atoms with Gasteiger partial charge in [0.05, 0.1) is 0 Å². The van der Waals surface area contributed by atoms with Crippen LogP contribution < -0.4 is 0 Å². The molecule has 0 aromatic heterocycles. The summed E-state index contributed by atoms with van der Waals surface area (Å²) >= 11 is 0. The van der Waals surface area contributed by atoms with Gasteiger partial charge in [0.1, 0.15) is 25.6 Å². The SMILES string of the molecule is Cc1ccc(C2=CC(=CC=CC=C3C=CC(=[N+](C)C)C=C3)OC(c3ccc(C)cc3)=C2)cc1. The molecule has 0 saturated heterocycles. The molecule has 2 aromatic carbocycles. The van der Waals surface area contributed by atoms with E-state index in [1.807, 2.05) is 32.3 Å². The first kappa shape index (κ1) is 22.3. The molecule has 0 spiro atoms. The second kappa shape index (κ2) is 10.1. The lowest BCUT2D eigenvalue weighted by Crippen LogP contribution is -2.09. The van der Waals surface area contributed by atoms with Crippen LogP contribution in [0.25, 0.3) is 11.3 Å². The van der Waals surface area contributed by atoms with Crippen molar-refractivity contribution in [1.29, 1.82) is 0 Å². The number of rotatable bonds is 4. The normalized spacial score (nSPS) is 16.7. The highest BCUT2D eigenvalue weighted by atomic mass is 16.5. The number of hydrogen-bond donors (Lipinski definition) is 0. The molecule has 2 nitrogen and oxygen atoms in total. The molecule has 33 heavy (non-hydrogen) atoms. The van der Waals surface area contributed by atoms with Gasteiger partial charge >= 0.3 is 0 Å². The molecule has 2 aliphatic rings. The molecule has 0 fully saturated rings. The quantitative estimate of drug-likeness (QED) is 0.476. The fourth-order valence-electron chi connectivity index (χ4n) is 3.58. The third kappa shape index (κ3) is 5.87. The summed E-state index contributed by atoms with van der Waals surface area (Å²) in [7, 11) is 4.10. The van der Waals surface area contributed by atoms with E-state index in [9.17, 15) is 0 Å². The summed E-state index contributed by atoms with van der Waals surface area (Å²) in [5.41, 5.74) is 8.23. The largest absolute Gasteiger partial charge is 0.457 e. The van der Waals surface area contributed by atoms with Gasteiger partial charge in [-0.15, -0.1) is 0 Å². The predicted molar refractivity (Wildman–Crippen MR) is 140 cm³/mol. The number of allylic oxidation sites excluding steroid dienone is 12. The van der Waals surface area contributed by atoms with Crippen LogP contribution in [0.1, 0.15) is 22.3 Å². The molecule has 4 rings (SSSR count). The van der Waals surface area contributed by atoms with E-state index >= 15 is 0 Å². The molecule has 164 valence electrons. The molecule has 0 saturated carbocycles. The number of ether oxygens (including phenoxy) is 1. The average Bonchev–Trinajstić information content (AvgIpc) is 2.83. The third-order valence-electron chi connectivity index (χ3n) is 5.60. The standard InChI is InChI=1S/C31H30NO/c1-23-9-15-26(16-10-23)28-21-30(33-31(22-28)27-17-11-24(2)12-18-27)8-6-5-7-25-13-19-29(20-14-25)32(3)4/h5-22H,1-4H3/q+1. The van der Waals surface area contributed by atoms with E-state index in [1.165, 1.54) is 22.4 Å². The van der Waals surface area contributed by atoms with Crippen molar-refractivity contribution in [2.75, 3.05) is 14.1 Å². The summed E-state index contributed by atoms with van der Waals surface area (Å²) < 4.78 is 8.36. The van der Waals surface area contributed by atoms with Crippen molar-refractivity contribution in [2.24, 2.45) is 0 Å². The molecule has 2 aromatic rings. The number of nitrogens with zero attached hydrogens (tertiary/aromatic N) is 1. The van der Waals surface area contributed by atoms with Crippen LogP contribution in [-0.2, 0) is 4.74 Å². The molecular formula is C31H30NO+. The Morgan fingerprint density at radius 3 is 1.85 bits per heavy atom. The second-order valence-corrected chi connectivity index (χ2v) is 8.55. The minimum absolute atomic E-state index is 0.816. The van der Waals surface area contributed by atoms with Crippen molar-refractivity contribution >= 4 is 17.0 Å². The van der Waals surface area contributed by atoms with Gasteiger partial charge in [-0.3, -0.25) is 0 Å². The van der Waals surface area contributed by atoms with E-state index in [1.54, 1.807) is 0 Å². The van der Waals surface area contributed by atoms with Gasteiger partial charge in [0.15, 0.2) is 5.71 Å². The Bertz CT molecular complexity index is 1250. The Morgan fingerprint density at radius 2 is 1.24 bits per heavy atom. The minimum atomic E-state index is 0.816. The van der Waals surface area contributed by atoms with Gasteiger partial charge in [-0.2, -0.15) is 0 Å². The Labute approximate surface area is 197 Å². The summed E-state index contributed by atoms with van der Waals surface area (Å²) in [6.07, 6.45) is 20.9. The van der Waals surface area contributed by atoms with Gasteiger partial charge in [-0.25, -0.2) is 4.58 Å². The Hall–Kier alpha value is -3.91. The van der Waals surface area contributed by atoms with Gasteiger partial charge < -0.3 is 4.74 Å². The Kier molecular flexibility index (Phi) is 6.85. The predicted octanol–water partition coefficient (Wildman–Crippen LogP) is 6.96. The van der Waals surface area contributed by atoms with E-state index in [4.69, 9.17) is 4.74 Å². The lowest BCUT2D eigenvalue weighted by atomic mass is 9.99. The van der Waals surface area contributed by atoms with E-state index in [0.29, 0.717) is 0 Å². The number of aryl methyl sites for hydroxylation is 2. The zero-order chi connectivity index (χ0) is 23.2. The van der Waals surface area contributed by atoms with Crippen LogP contribution in [0.15, 0.2) is 121 Å². The second-order valence-electron chi connectivity index (χ2n) is 8.55. The molecule has 2 heteroatoms. The van der Waals surface area contributed by atoms with Crippen molar-refractivity contribution in [1.82, 2.24) is 0 Å². The van der Waals surface area contributed by atoms with Gasteiger partial charge in [-0.05, 0) is 60.9 Å². The first-order valence-electron chi connectivity index (χ1n) is 11.2. The van der Waals surface area contributed by atoms with E-state index in [-0.39, 0.29) is 0 Å². The van der Waals surface area contributed by atoms with Crippen LogP contribution in [0.4, 0.5) is 0 Å². The van der Waals surface area contributed by atoms with Crippen LogP contribution in [0.2, 0.25) is 0 Å². The van der Waals surface area contributed by atoms with E-state index in [2.05, 4.69) is 109 Å². The zero-order valence-electron chi connectivity index (χ0n) is 19.7. The summed E-state index contributed by atoms with van der Waals surface area (Å²) in [6.45, 7) is 4.20. The van der Waals surface area contributed by atoms with Crippen molar-refractivity contribution in [2.45, 2.75) is 13.8 Å². The summed E-state index contributed by atoms with van der Waals surface area (Å²) in [5, 5.41) is 0.